The van der Waals surface area contributed by atoms with Gasteiger partial charge < -0.3 is 15.0 Å². The van der Waals surface area contributed by atoms with Gasteiger partial charge in [0.1, 0.15) is 6.61 Å². The van der Waals surface area contributed by atoms with Gasteiger partial charge in [0.15, 0.2) is 0 Å². The number of amides is 1. The zero-order chi connectivity index (χ0) is 25.0. The summed E-state index contributed by atoms with van der Waals surface area (Å²) < 4.78 is 5.65. The smallest absolute Gasteiger partial charge is 0.245 e. The highest BCUT2D eigenvalue weighted by Gasteiger charge is 2.26. The van der Waals surface area contributed by atoms with Crippen molar-refractivity contribution in [3.8, 4) is 0 Å². The lowest BCUT2D eigenvalue weighted by atomic mass is 9.96. The van der Waals surface area contributed by atoms with Gasteiger partial charge in [-0.3, -0.25) is 14.6 Å². The van der Waals surface area contributed by atoms with E-state index in [1.165, 1.54) is 11.1 Å². The molecule has 1 unspecified atom stereocenters. The van der Waals surface area contributed by atoms with E-state index in [0.29, 0.717) is 13.2 Å². The van der Waals surface area contributed by atoms with Crippen molar-refractivity contribution in [2.45, 2.75) is 25.3 Å². The van der Waals surface area contributed by atoms with E-state index in [1.54, 1.807) is 6.33 Å². The Labute approximate surface area is 218 Å². The van der Waals surface area contributed by atoms with Crippen LogP contribution in [-0.2, 0) is 16.0 Å². The van der Waals surface area contributed by atoms with Gasteiger partial charge in [0.25, 0.3) is 0 Å². The molecule has 0 aliphatic carbocycles. The third kappa shape index (κ3) is 8.17. The van der Waals surface area contributed by atoms with Gasteiger partial charge in [-0.15, -0.1) is 0 Å². The number of unbranched alkanes of at least 4 members (excludes halogenated alkanes) is 1. The van der Waals surface area contributed by atoms with Gasteiger partial charge in [0.05, 0.1) is 19.0 Å². The number of carbonyl (C=O) groups is 1. The third-order valence-corrected chi connectivity index (χ3v) is 6.86. The van der Waals surface area contributed by atoms with E-state index in [1.807, 2.05) is 18.3 Å². The molecule has 1 aliphatic rings. The summed E-state index contributed by atoms with van der Waals surface area (Å²) in [6.07, 6.45) is 6.43. The molecule has 2 heterocycles. The lowest BCUT2D eigenvalue weighted by Gasteiger charge is -2.39. The third-order valence-electron chi connectivity index (χ3n) is 6.61. The van der Waals surface area contributed by atoms with Crippen LogP contribution in [0.5, 0.6) is 0 Å². The van der Waals surface area contributed by atoms with Gasteiger partial charge in [0.2, 0.25) is 5.91 Å². The number of hydrogen-bond donors (Lipinski definition) is 2. The molecule has 192 valence electrons. The molecule has 1 atom stereocenters. The van der Waals surface area contributed by atoms with Crippen LogP contribution in [0.3, 0.4) is 0 Å². The van der Waals surface area contributed by atoms with Crippen LogP contribution in [0.1, 0.15) is 35.7 Å². The van der Waals surface area contributed by atoms with E-state index in [4.69, 9.17) is 16.3 Å². The van der Waals surface area contributed by atoms with Crippen molar-refractivity contribution in [1.29, 1.82) is 0 Å². The molecule has 1 aromatic heterocycles. The number of piperazine rings is 1. The van der Waals surface area contributed by atoms with E-state index in [2.05, 4.69) is 67.5 Å². The first-order chi connectivity index (χ1) is 17.7. The molecule has 0 saturated carbocycles. The minimum Gasteiger partial charge on any atom is -0.370 e. The highest BCUT2D eigenvalue weighted by molar-refractivity contribution is 6.30. The Morgan fingerprint density at radius 2 is 1.78 bits per heavy atom. The summed E-state index contributed by atoms with van der Waals surface area (Å²) in [5.74, 6) is -0.0463. The molecular formula is C28H36ClN5O2. The minimum atomic E-state index is -0.0463. The average Bonchev–Trinajstić information content (AvgIpc) is 3.43. The number of aromatic nitrogens is 2. The number of aromatic amines is 1. The van der Waals surface area contributed by atoms with E-state index in [0.717, 1.165) is 62.7 Å². The van der Waals surface area contributed by atoms with Crippen LogP contribution >= 0.6 is 11.6 Å². The second kappa shape index (κ2) is 14.1. The zero-order valence-electron chi connectivity index (χ0n) is 20.7. The zero-order valence-corrected chi connectivity index (χ0v) is 21.5. The normalized spacial score (nSPS) is 15.6. The molecule has 0 spiro atoms. The number of rotatable bonds is 13. The number of ether oxygens (including phenoxy) is 1. The second-order valence-corrected chi connectivity index (χ2v) is 9.62. The van der Waals surface area contributed by atoms with Crippen molar-refractivity contribution >= 4 is 17.5 Å². The molecule has 0 bridgehead atoms. The van der Waals surface area contributed by atoms with Crippen molar-refractivity contribution in [3.05, 3.63) is 89.0 Å². The number of nitrogens with one attached hydrogen (secondary N) is 2. The van der Waals surface area contributed by atoms with Crippen LogP contribution in [0.25, 0.3) is 0 Å². The van der Waals surface area contributed by atoms with Gasteiger partial charge in [-0.2, -0.15) is 0 Å². The number of H-pyrrole nitrogens is 1. The SMILES string of the molecule is O=C(COCCN1CCN(C(c2ccccc2)c2ccc(Cl)cc2)CC1)NCCCCc1cnc[nH]1. The van der Waals surface area contributed by atoms with Crippen LogP contribution < -0.4 is 5.32 Å². The molecule has 1 aliphatic heterocycles. The van der Waals surface area contributed by atoms with Crippen LogP contribution in [0.2, 0.25) is 5.02 Å². The van der Waals surface area contributed by atoms with Gasteiger partial charge in [0, 0.05) is 56.2 Å². The van der Waals surface area contributed by atoms with Gasteiger partial charge in [-0.25, -0.2) is 4.98 Å². The fourth-order valence-corrected chi connectivity index (χ4v) is 4.76. The first kappa shape index (κ1) is 26.4. The molecule has 1 fully saturated rings. The van der Waals surface area contributed by atoms with Crippen LogP contribution in [0.4, 0.5) is 0 Å². The number of carbonyl (C=O) groups excluding carboxylic acids is 1. The van der Waals surface area contributed by atoms with Gasteiger partial charge in [-0.1, -0.05) is 54.1 Å². The van der Waals surface area contributed by atoms with Crippen LogP contribution in [0.15, 0.2) is 67.1 Å². The molecule has 3 aromatic rings. The maximum absolute atomic E-state index is 12.0. The highest BCUT2D eigenvalue weighted by atomic mass is 35.5. The quantitative estimate of drug-likeness (QED) is 0.342. The maximum atomic E-state index is 12.0. The van der Waals surface area contributed by atoms with Gasteiger partial charge in [-0.05, 0) is 42.5 Å². The topological polar surface area (TPSA) is 73.5 Å². The molecular weight excluding hydrogens is 474 g/mol. The molecule has 4 rings (SSSR count). The molecule has 1 amide bonds. The van der Waals surface area contributed by atoms with Gasteiger partial charge >= 0.3 is 0 Å². The van der Waals surface area contributed by atoms with Crippen LogP contribution in [-0.4, -0.2) is 78.2 Å². The summed E-state index contributed by atoms with van der Waals surface area (Å²) in [4.78, 5) is 24.1. The Bertz CT molecular complexity index is 1020. The van der Waals surface area contributed by atoms with Crippen LogP contribution in [0, 0.1) is 0 Å². The Morgan fingerprint density at radius 3 is 2.50 bits per heavy atom. The monoisotopic (exact) mass is 509 g/mol. The first-order valence-corrected chi connectivity index (χ1v) is 13.2. The lowest BCUT2D eigenvalue weighted by molar-refractivity contribution is -0.125. The molecule has 0 radical (unpaired) electrons. The summed E-state index contributed by atoms with van der Waals surface area (Å²) in [5.41, 5.74) is 3.68. The number of halogens is 1. The minimum absolute atomic E-state index is 0.0463. The molecule has 2 N–H and O–H groups in total. The Balaban J connectivity index is 1.13. The predicted octanol–water partition coefficient (Wildman–Crippen LogP) is 3.93. The molecule has 36 heavy (non-hydrogen) atoms. The number of aryl methyl sites for hydroxylation is 1. The molecule has 2 aromatic carbocycles. The second-order valence-electron chi connectivity index (χ2n) is 9.18. The number of hydrogen-bond acceptors (Lipinski definition) is 5. The Hall–Kier alpha value is -2.71. The number of benzene rings is 2. The summed E-state index contributed by atoms with van der Waals surface area (Å²) >= 11 is 6.14. The summed E-state index contributed by atoms with van der Waals surface area (Å²) in [5, 5.41) is 3.69. The van der Waals surface area contributed by atoms with E-state index in [9.17, 15) is 4.79 Å². The van der Waals surface area contributed by atoms with E-state index >= 15 is 0 Å². The number of nitrogens with zero attached hydrogens (tertiary/aromatic N) is 3. The fourth-order valence-electron chi connectivity index (χ4n) is 4.64. The van der Waals surface area contributed by atoms with E-state index in [-0.39, 0.29) is 18.6 Å². The maximum Gasteiger partial charge on any atom is 0.245 e. The lowest BCUT2D eigenvalue weighted by Crippen LogP contribution is -2.48. The molecule has 1 saturated heterocycles. The summed E-state index contributed by atoms with van der Waals surface area (Å²) in [6, 6.07) is 19.1. The van der Waals surface area contributed by atoms with Crippen molar-refractivity contribution in [1.82, 2.24) is 25.1 Å². The highest BCUT2D eigenvalue weighted by Crippen LogP contribution is 2.30. The largest absolute Gasteiger partial charge is 0.370 e. The van der Waals surface area contributed by atoms with E-state index < -0.39 is 0 Å². The predicted molar refractivity (Wildman–Crippen MR) is 143 cm³/mol. The van der Waals surface area contributed by atoms with Crippen molar-refractivity contribution in [3.63, 3.8) is 0 Å². The molecule has 8 heteroatoms. The summed E-state index contributed by atoms with van der Waals surface area (Å²) in [7, 11) is 0. The first-order valence-electron chi connectivity index (χ1n) is 12.8. The van der Waals surface area contributed by atoms with Crippen molar-refractivity contribution < 1.29 is 9.53 Å². The van der Waals surface area contributed by atoms with Crippen molar-refractivity contribution in [2.24, 2.45) is 0 Å². The Kier molecular flexibility index (Phi) is 10.3. The fraction of sp³-hybridized carbons (Fsp3) is 0.429. The summed E-state index contributed by atoms with van der Waals surface area (Å²) in [6.45, 7) is 6.09. The molecule has 7 nitrogen and oxygen atoms in total. The number of imidazole rings is 1. The Morgan fingerprint density at radius 1 is 1.03 bits per heavy atom. The van der Waals surface area contributed by atoms with Crippen molar-refractivity contribution in [2.75, 3.05) is 52.5 Å². The average molecular weight is 510 g/mol. The standard InChI is InChI=1S/C28H36ClN5O2/c29-25-11-9-24(10-12-25)28(23-6-2-1-3-7-23)34-16-14-33(15-17-34)18-19-36-21-27(35)31-13-5-4-8-26-20-30-22-32-26/h1-3,6-7,9-12,20,22,28H,4-5,8,13-19,21H2,(H,30,32)(H,31,35).